The first-order valence-corrected chi connectivity index (χ1v) is 4.88. The molecule has 0 spiro atoms. The Morgan fingerprint density at radius 1 is 1.38 bits per heavy atom. The van der Waals surface area contributed by atoms with Crippen molar-refractivity contribution in [3.63, 3.8) is 0 Å². The Hall–Kier alpha value is -2.13. The van der Waals surface area contributed by atoms with Crippen LogP contribution in [0.1, 0.15) is 35.2 Å². The van der Waals surface area contributed by atoms with Gasteiger partial charge in [-0.2, -0.15) is 5.26 Å². The highest BCUT2D eigenvalue weighted by Crippen LogP contribution is 2.08. The molecule has 0 fully saturated rings. The highest BCUT2D eigenvalue weighted by molar-refractivity contribution is 5.79. The van der Waals surface area contributed by atoms with Crippen molar-refractivity contribution in [2.45, 2.75) is 19.3 Å². The van der Waals surface area contributed by atoms with Gasteiger partial charge in [0.25, 0.3) is 0 Å². The Kier molecular flexibility index (Phi) is 4.76. The normalized spacial score (nSPS) is 8.75. The van der Waals surface area contributed by atoms with Crippen LogP contribution < -0.4 is 0 Å². The van der Waals surface area contributed by atoms with Gasteiger partial charge in [-0.1, -0.05) is 11.8 Å². The zero-order chi connectivity index (χ0) is 11.8. The second-order valence-corrected chi connectivity index (χ2v) is 3.16. The Bertz CT molecular complexity index is 477. The van der Waals surface area contributed by atoms with E-state index in [2.05, 4.69) is 11.8 Å². The summed E-state index contributed by atoms with van der Waals surface area (Å²) in [5.74, 6) is 5.13. The quantitative estimate of drug-likeness (QED) is 0.442. The van der Waals surface area contributed by atoms with E-state index < -0.39 is 5.82 Å². The number of hydrogen-bond donors (Lipinski definition) is 0. The van der Waals surface area contributed by atoms with Gasteiger partial charge in [0, 0.05) is 24.0 Å². The molecule has 0 saturated carbocycles. The number of carbonyl (C=O) groups is 1. The van der Waals surface area contributed by atoms with Crippen LogP contribution in [0.15, 0.2) is 18.2 Å². The summed E-state index contributed by atoms with van der Waals surface area (Å²) in [7, 11) is 0. The molecule has 0 amide bonds. The Balaban J connectivity index is 2.75. The van der Waals surface area contributed by atoms with E-state index in [1.165, 1.54) is 18.2 Å². The maximum atomic E-state index is 12.9. The number of hydrogen-bond acceptors (Lipinski definition) is 2. The van der Waals surface area contributed by atoms with E-state index in [1.807, 2.05) is 6.07 Å². The number of nitrogens with zero attached hydrogens (tertiary/aromatic N) is 1. The molecule has 3 heteroatoms. The van der Waals surface area contributed by atoms with Crippen LogP contribution in [-0.4, -0.2) is 6.29 Å². The monoisotopic (exact) mass is 215 g/mol. The minimum atomic E-state index is -0.410. The van der Waals surface area contributed by atoms with Crippen molar-refractivity contribution < 1.29 is 9.18 Å². The second-order valence-electron chi connectivity index (χ2n) is 3.16. The van der Waals surface area contributed by atoms with Gasteiger partial charge >= 0.3 is 0 Å². The predicted octanol–water partition coefficient (Wildman–Crippen LogP) is 2.68. The zero-order valence-corrected chi connectivity index (χ0v) is 8.66. The van der Waals surface area contributed by atoms with Crippen molar-refractivity contribution in [1.82, 2.24) is 0 Å². The van der Waals surface area contributed by atoms with E-state index in [9.17, 15) is 9.18 Å². The molecule has 0 atom stereocenters. The summed E-state index contributed by atoms with van der Waals surface area (Å²) in [4.78, 5) is 10.6. The van der Waals surface area contributed by atoms with Crippen molar-refractivity contribution in [2.75, 3.05) is 0 Å². The first kappa shape index (κ1) is 11.9. The molecule has 80 valence electrons. The molecule has 0 N–H and O–H groups in total. The number of unbranched alkanes of at least 4 members (excludes halogenated alkanes) is 2. The first-order chi connectivity index (χ1) is 7.77. The van der Waals surface area contributed by atoms with Crippen LogP contribution >= 0.6 is 0 Å². The molecule has 16 heavy (non-hydrogen) atoms. The molecule has 0 heterocycles. The van der Waals surface area contributed by atoms with Gasteiger partial charge in [0.15, 0.2) is 6.29 Å². The third kappa shape index (κ3) is 3.55. The van der Waals surface area contributed by atoms with Gasteiger partial charge in [0.2, 0.25) is 0 Å². The number of halogens is 1. The minimum absolute atomic E-state index is 0.384. The van der Waals surface area contributed by atoms with Gasteiger partial charge in [0.05, 0.1) is 6.07 Å². The second kappa shape index (κ2) is 6.37. The molecule has 1 aromatic rings. The van der Waals surface area contributed by atoms with E-state index in [4.69, 9.17) is 5.26 Å². The average molecular weight is 215 g/mol. The SMILES string of the molecule is N#CCCCC#Cc1cc(F)ccc1C=O. The predicted molar refractivity (Wildman–Crippen MR) is 58.1 cm³/mol. The van der Waals surface area contributed by atoms with Crippen molar-refractivity contribution in [1.29, 1.82) is 5.26 Å². The summed E-state index contributed by atoms with van der Waals surface area (Å²) in [6.07, 6.45) is 2.37. The third-order valence-electron chi connectivity index (χ3n) is 1.96. The van der Waals surface area contributed by atoms with Gasteiger partial charge in [0.1, 0.15) is 5.82 Å². The fourth-order valence-corrected chi connectivity index (χ4v) is 1.15. The van der Waals surface area contributed by atoms with Crippen LogP contribution in [0, 0.1) is 29.0 Å². The van der Waals surface area contributed by atoms with E-state index in [1.54, 1.807) is 0 Å². The molecule has 0 aliphatic carbocycles. The molecule has 0 bridgehead atoms. The van der Waals surface area contributed by atoms with E-state index in [0.717, 1.165) is 0 Å². The van der Waals surface area contributed by atoms with Crippen LogP contribution in [0.25, 0.3) is 0 Å². The molecule has 1 rings (SSSR count). The zero-order valence-electron chi connectivity index (χ0n) is 8.66. The molecule has 0 aliphatic rings. The molecular weight excluding hydrogens is 205 g/mol. The van der Waals surface area contributed by atoms with Gasteiger partial charge in [-0.05, 0) is 24.6 Å². The Morgan fingerprint density at radius 2 is 2.19 bits per heavy atom. The van der Waals surface area contributed by atoms with Crippen LogP contribution in [0.2, 0.25) is 0 Å². The number of aldehydes is 1. The molecule has 1 aromatic carbocycles. The van der Waals surface area contributed by atoms with Crippen LogP contribution in [0.5, 0.6) is 0 Å². The molecule has 0 radical (unpaired) electrons. The largest absolute Gasteiger partial charge is 0.298 e. The summed E-state index contributed by atoms with van der Waals surface area (Å²) in [6, 6.07) is 5.88. The average Bonchev–Trinajstić information content (AvgIpc) is 2.29. The van der Waals surface area contributed by atoms with Crippen molar-refractivity contribution in [2.24, 2.45) is 0 Å². The Labute approximate surface area is 93.7 Å². The molecular formula is C13H10FNO. The smallest absolute Gasteiger partial charge is 0.151 e. The Morgan fingerprint density at radius 3 is 2.88 bits per heavy atom. The molecule has 0 aromatic heterocycles. The number of carbonyl (C=O) groups excluding carboxylic acids is 1. The van der Waals surface area contributed by atoms with E-state index in [0.29, 0.717) is 36.7 Å². The highest BCUT2D eigenvalue weighted by atomic mass is 19.1. The maximum Gasteiger partial charge on any atom is 0.151 e. The lowest BCUT2D eigenvalue weighted by Gasteiger charge is -1.95. The lowest BCUT2D eigenvalue weighted by atomic mass is 10.1. The molecule has 0 saturated heterocycles. The molecule has 2 nitrogen and oxygen atoms in total. The summed E-state index contributed by atoms with van der Waals surface area (Å²) in [5.41, 5.74) is 0.779. The number of rotatable bonds is 3. The van der Waals surface area contributed by atoms with E-state index in [-0.39, 0.29) is 0 Å². The first-order valence-electron chi connectivity index (χ1n) is 4.88. The van der Waals surface area contributed by atoms with Crippen LogP contribution in [0.3, 0.4) is 0 Å². The third-order valence-corrected chi connectivity index (χ3v) is 1.96. The van der Waals surface area contributed by atoms with E-state index >= 15 is 0 Å². The van der Waals surface area contributed by atoms with Crippen molar-refractivity contribution in [3.8, 4) is 17.9 Å². The number of nitriles is 1. The van der Waals surface area contributed by atoms with Gasteiger partial charge in [-0.3, -0.25) is 4.79 Å². The van der Waals surface area contributed by atoms with Crippen molar-refractivity contribution >= 4 is 6.29 Å². The summed E-state index contributed by atoms with van der Waals surface area (Å²) in [5, 5.41) is 8.31. The lowest BCUT2D eigenvalue weighted by molar-refractivity contribution is 0.112. The topological polar surface area (TPSA) is 40.9 Å². The summed E-state index contributed by atoms with van der Waals surface area (Å²) < 4.78 is 12.9. The standard InChI is InChI=1S/C13H10FNO/c14-13-7-6-12(10-16)11(9-13)5-3-1-2-4-8-15/h6-7,9-10H,1-2,4H2. The van der Waals surface area contributed by atoms with Gasteiger partial charge in [-0.25, -0.2) is 4.39 Å². The number of benzene rings is 1. The van der Waals surface area contributed by atoms with Gasteiger partial charge < -0.3 is 0 Å². The van der Waals surface area contributed by atoms with Crippen LogP contribution in [-0.2, 0) is 0 Å². The lowest BCUT2D eigenvalue weighted by Crippen LogP contribution is -1.88. The van der Waals surface area contributed by atoms with Crippen molar-refractivity contribution in [3.05, 3.63) is 35.1 Å². The molecule has 0 unspecified atom stereocenters. The molecule has 0 aliphatic heterocycles. The van der Waals surface area contributed by atoms with Gasteiger partial charge in [-0.15, -0.1) is 0 Å². The highest BCUT2D eigenvalue weighted by Gasteiger charge is 1.99. The summed E-state index contributed by atoms with van der Waals surface area (Å²) in [6.45, 7) is 0. The maximum absolute atomic E-state index is 12.9. The fourth-order valence-electron chi connectivity index (χ4n) is 1.15. The summed E-state index contributed by atoms with van der Waals surface area (Å²) >= 11 is 0. The van der Waals surface area contributed by atoms with Crippen LogP contribution in [0.4, 0.5) is 4.39 Å². The fraction of sp³-hybridized carbons (Fsp3) is 0.231. The minimum Gasteiger partial charge on any atom is -0.298 e.